The SMILES string of the molecule is COc1ccccc1N1CCN(CCCCNC(=O)/C=C/c2ccc(C=O)cc2)CC1.O=C(O)C(=O)O. The number of carbonyl (C=O) groups excluding carboxylic acids is 2. The van der Waals surface area contributed by atoms with Crippen LogP contribution in [0.2, 0.25) is 0 Å². The van der Waals surface area contributed by atoms with Crippen LogP contribution in [0.3, 0.4) is 0 Å². The third-order valence-corrected chi connectivity index (χ3v) is 5.68. The number of unbranched alkanes of at least 4 members (excludes halogenated alkanes) is 1. The molecule has 10 nitrogen and oxygen atoms in total. The average Bonchev–Trinajstić information content (AvgIpc) is 2.92. The van der Waals surface area contributed by atoms with Crippen molar-refractivity contribution in [3.8, 4) is 5.75 Å². The molecule has 0 aromatic heterocycles. The van der Waals surface area contributed by atoms with E-state index in [-0.39, 0.29) is 5.91 Å². The molecule has 0 saturated carbocycles. The van der Waals surface area contributed by atoms with E-state index in [0.29, 0.717) is 12.1 Å². The van der Waals surface area contributed by atoms with Crippen molar-refractivity contribution in [3.63, 3.8) is 0 Å². The number of nitrogens with zero attached hydrogens (tertiary/aromatic N) is 2. The number of anilines is 1. The van der Waals surface area contributed by atoms with Gasteiger partial charge in [-0.05, 0) is 43.2 Å². The van der Waals surface area contributed by atoms with Crippen LogP contribution < -0.4 is 15.0 Å². The van der Waals surface area contributed by atoms with Gasteiger partial charge in [-0.25, -0.2) is 9.59 Å². The quantitative estimate of drug-likeness (QED) is 0.190. The van der Waals surface area contributed by atoms with Crippen LogP contribution >= 0.6 is 0 Å². The lowest BCUT2D eigenvalue weighted by Gasteiger charge is -2.36. The zero-order chi connectivity index (χ0) is 27.0. The first-order valence-corrected chi connectivity index (χ1v) is 11.9. The minimum absolute atomic E-state index is 0.0927. The Labute approximate surface area is 216 Å². The fourth-order valence-electron chi connectivity index (χ4n) is 3.69. The molecule has 2 aromatic carbocycles. The first-order valence-electron chi connectivity index (χ1n) is 11.9. The number of nitrogens with one attached hydrogen (secondary N) is 1. The maximum atomic E-state index is 11.9. The predicted molar refractivity (Wildman–Crippen MR) is 140 cm³/mol. The molecule has 0 spiro atoms. The lowest BCUT2D eigenvalue weighted by Crippen LogP contribution is -2.46. The second kappa shape index (κ2) is 15.7. The molecule has 37 heavy (non-hydrogen) atoms. The van der Waals surface area contributed by atoms with Crippen molar-refractivity contribution < 1.29 is 34.1 Å². The standard InChI is InChI=1S/C25H31N3O3.C2H2O4/c1-31-24-7-3-2-6-23(24)28-18-16-27(17-19-28)15-5-4-14-26-25(30)13-12-21-8-10-22(20-29)11-9-21;3-1(4)2(5)6/h2-3,6-13,20H,4-5,14-19H2,1H3,(H,26,30);(H,3,4)(H,5,6)/b13-12+;. The van der Waals surface area contributed by atoms with E-state index in [9.17, 15) is 9.59 Å². The second-order valence-corrected chi connectivity index (χ2v) is 8.23. The summed E-state index contributed by atoms with van der Waals surface area (Å²) in [5, 5.41) is 17.7. The Morgan fingerprint density at radius 3 is 2.14 bits per heavy atom. The molecule has 1 aliphatic heterocycles. The number of para-hydroxylation sites is 2. The van der Waals surface area contributed by atoms with E-state index >= 15 is 0 Å². The van der Waals surface area contributed by atoms with Crippen LogP contribution in [0.1, 0.15) is 28.8 Å². The summed E-state index contributed by atoms with van der Waals surface area (Å²) in [5.41, 5.74) is 2.69. The minimum atomic E-state index is -1.82. The van der Waals surface area contributed by atoms with Crippen molar-refractivity contribution in [1.29, 1.82) is 0 Å². The molecule has 0 unspecified atom stereocenters. The smallest absolute Gasteiger partial charge is 0.414 e. The summed E-state index contributed by atoms with van der Waals surface area (Å²) in [5.74, 6) is -2.81. The van der Waals surface area contributed by atoms with E-state index in [1.54, 1.807) is 25.3 Å². The third-order valence-electron chi connectivity index (χ3n) is 5.68. The van der Waals surface area contributed by atoms with Gasteiger partial charge in [-0.1, -0.05) is 36.4 Å². The van der Waals surface area contributed by atoms with Gasteiger partial charge >= 0.3 is 11.9 Å². The summed E-state index contributed by atoms with van der Waals surface area (Å²) < 4.78 is 5.48. The van der Waals surface area contributed by atoms with E-state index in [1.807, 2.05) is 24.3 Å². The molecular weight excluding hydrogens is 478 g/mol. The van der Waals surface area contributed by atoms with E-state index in [4.69, 9.17) is 24.5 Å². The van der Waals surface area contributed by atoms with Gasteiger partial charge in [0, 0.05) is 44.4 Å². The summed E-state index contributed by atoms with van der Waals surface area (Å²) in [6.07, 6.45) is 6.12. The number of aliphatic carboxylic acids is 2. The monoisotopic (exact) mass is 511 g/mol. The molecule has 3 rings (SSSR count). The summed E-state index contributed by atoms with van der Waals surface area (Å²) in [6, 6.07) is 15.3. The number of carboxylic acids is 2. The van der Waals surface area contributed by atoms with Gasteiger partial charge in [-0.15, -0.1) is 0 Å². The van der Waals surface area contributed by atoms with Crippen molar-refractivity contribution >= 4 is 35.9 Å². The first kappa shape index (κ1) is 29.1. The largest absolute Gasteiger partial charge is 0.495 e. The Kier molecular flexibility index (Phi) is 12.4. The molecule has 1 heterocycles. The van der Waals surface area contributed by atoms with Gasteiger partial charge in [0.25, 0.3) is 0 Å². The van der Waals surface area contributed by atoms with Gasteiger partial charge in [0.2, 0.25) is 5.91 Å². The summed E-state index contributed by atoms with van der Waals surface area (Å²) in [6.45, 7) is 5.79. The van der Waals surface area contributed by atoms with Gasteiger partial charge in [-0.2, -0.15) is 0 Å². The normalized spacial score (nSPS) is 13.4. The number of ether oxygens (including phenoxy) is 1. The van der Waals surface area contributed by atoms with Crippen LogP contribution in [0.15, 0.2) is 54.6 Å². The molecule has 2 aromatic rings. The summed E-state index contributed by atoms with van der Waals surface area (Å²) in [4.78, 5) is 45.7. The van der Waals surface area contributed by atoms with Crippen LogP contribution in [0.4, 0.5) is 5.69 Å². The van der Waals surface area contributed by atoms with Crippen molar-refractivity contribution in [3.05, 3.63) is 65.7 Å². The van der Waals surface area contributed by atoms with E-state index < -0.39 is 11.9 Å². The molecule has 0 aliphatic carbocycles. The van der Waals surface area contributed by atoms with Crippen LogP contribution in [0, 0.1) is 0 Å². The predicted octanol–water partition coefficient (Wildman–Crippen LogP) is 2.40. The molecular formula is C27H33N3O7. The van der Waals surface area contributed by atoms with E-state index in [1.165, 1.54) is 11.8 Å². The lowest BCUT2D eigenvalue weighted by atomic mass is 10.1. The highest BCUT2D eigenvalue weighted by Crippen LogP contribution is 2.28. The number of hydrogen-bond acceptors (Lipinski definition) is 7. The van der Waals surface area contributed by atoms with Crippen LogP contribution in [0.25, 0.3) is 6.08 Å². The van der Waals surface area contributed by atoms with E-state index in [0.717, 1.165) is 63.2 Å². The average molecular weight is 512 g/mol. The zero-order valence-corrected chi connectivity index (χ0v) is 20.8. The van der Waals surface area contributed by atoms with Crippen LogP contribution in [-0.2, 0) is 14.4 Å². The van der Waals surface area contributed by atoms with Gasteiger partial charge in [0.15, 0.2) is 0 Å². The molecule has 1 saturated heterocycles. The Balaban J connectivity index is 0.000000717. The van der Waals surface area contributed by atoms with E-state index in [2.05, 4.69) is 27.2 Å². The maximum Gasteiger partial charge on any atom is 0.414 e. The van der Waals surface area contributed by atoms with Crippen molar-refractivity contribution in [2.24, 2.45) is 0 Å². The van der Waals surface area contributed by atoms with Crippen molar-refractivity contribution in [2.75, 3.05) is 51.3 Å². The third kappa shape index (κ3) is 10.5. The Morgan fingerprint density at radius 1 is 0.919 bits per heavy atom. The van der Waals surface area contributed by atoms with Gasteiger partial charge < -0.3 is 25.2 Å². The molecule has 0 radical (unpaired) electrons. The van der Waals surface area contributed by atoms with Gasteiger partial charge in [0.05, 0.1) is 12.8 Å². The van der Waals surface area contributed by atoms with Crippen LogP contribution in [-0.4, -0.2) is 85.6 Å². The molecule has 0 atom stereocenters. The highest BCUT2D eigenvalue weighted by Gasteiger charge is 2.19. The summed E-state index contributed by atoms with van der Waals surface area (Å²) >= 11 is 0. The number of hydrogen-bond donors (Lipinski definition) is 3. The fourth-order valence-corrected chi connectivity index (χ4v) is 3.69. The number of carbonyl (C=O) groups is 4. The first-order chi connectivity index (χ1) is 17.8. The maximum absolute atomic E-state index is 11.9. The topological polar surface area (TPSA) is 136 Å². The van der Waals surface area contributed by atoms with Crippen molar-refractivity contribution in [2.45, 2.75) is 12.8 Å². The molecule has 1 amide bonds. The highest BCUT2D eigenvalue weighted by molar-refractivity contribution is 6.27. The number of methoxy groups -OCH3 is 1. The highest BCUT2D eigenvalue weighted by atomic mass is 16.5. The molecule has 3 N–H and O–H groups in total. The number of rotatable bonds is 10. The molecule has 1 fully saturated rings. The lowest BCUT2D eigenvalue weighted by molar-refractivity contribution is -0.159. The number of aldehydes is 1. The minimum Gasteiger partial charge on any atom is -0.495 e. The summed E-state index contributed by atoms with van der Waals surface area (Å²) in [7, 11) is 1.72. The zero-order valence-electron chi connectivity index (χ0n) is 20.8. The molecule has 1 aliphatic rings. The number of piperazine rings is 1. The number of benzene rings is 2. The van der Waals surface area contributed by atoms with Crippen LogP contribution in [0.5, 0.6) is 5.75 Å². The molecule has 0 bridgehead atoms. The fraction of sp³-hybridized carbons (Fsp3) is 0.333. The molecule has 198 valence electrons. The number of amides is 1. The van der Waals surface area contributed by atoms with Gasteiger partial charge in [0.1, 0.15) is 12.0 Å². The van der Waals surface area contributed by atoms with Crippen molar-refractivity contribution in [1.82, 2.24) is 10.2 Å². The Hall–Kier alpha value is -4.18. The Morgan fingerprint density at radius 2 is 1.54 bits per heavy atom. The second-order valence-electron chi connectivity index (χ2n) is 8.23. The van der Waals surface area contributed by atoms with Gasteiger partial charge in [-0.3, -0.25) is 14.5 Å². The molecule has 10 heteroatoms. The Bertz CT molecular complexity index is 1050. The number of carboxylic acid groups (broad SMARTS) is 2.